The summed E-state index contributed by atoms with van der Waals surface area (Å²) in [6.07, 6.45) is 1.22. The lowest BCUT2D eigenvalue weighted by Gasteiger charge is -2.36. The minimum Gasteiger partial charge on any atom is -0.301 e. The number of halogens is 1. The first-order valence-electron chi connectivity index (χ1n) is 5.65. The van der Waals surface area contributed by atoms with Crippen LogP contribution in [0.3, 0.4) is 0 Å². The summed E-state index contributed by atoms with van der Waals surface area (Å²) in [4.78, 5) is 4.69. The molecule has 84 valence electrons. The molecule has 1 fully saturated rings. The van der Waals surface area contributed by atoms with Gasteiger partial charge in [0.2, 0.25) is 0 Å². The van der Waals surface area contributed by atoms with Gasteiger partial charge in [0.15, 0.2) is 0 Å². The Bertz CT molecular complexity index is 157. The summed E-state index contributed by atoms with van der Waals surface area (Å²) in [5.74, 6) is 0. The summed E-state index contributed by atoms with van der Waals surface area (Å²) >= 11 is 0. The zero-order valence-electron chi connectivity index (χ0n) is 9.72. The van der Waals surface area contributed by atoms with Crippen LogP contribution in [0.5, 0.6) is 0 Å². The van der Waals surface area contributed by atoms with E-state index in [0.29, 0.717) is 6.54 Å². The second kappa shape index (κ2) is 5.08. The third-order valence-electron chi connectivity index (χ3n) is 2.60. The summed E-state index contributed by atoms with van der Waals surface area (Å²) in [6, 6.07) is 0. The van der Waals surface area contributed by atoms with Crippen molar-refractivity contribution in [1.82, 2.24) is 9.80 Å². The Kier molecular flexibility index (Phi) is 4.32. The molecule has 0 aromatic carbocycles. The third kappa shape index (κ3) is 4.38. The van der Waals surface area contributed by atoms with Crippen molar-refractivity contribution in [3.8, 4) is 0 Å². The first-order valence-corrected chi connectivity index (χ1v) is 5.65. The van der Waals surface area contributed by atoms with Gasteiger partial charge in [-0.05, 0) is 26.8 Å². The Balaban J connectivity index is 2.22. The van der Waals surface area contributed by atoms with Crippen molar-refractivity contribution in [2.24, 2.45) is 0 Å². The quantitative estimate of drug-likeness (QED) is 0.685. The van der Waals surface area contributed by atoms with Crippen molar-refractivity contribution in [3.05, 3.63) is 0 Å². The van der Waals surface area contributed by atoms with Gasteiger partial charge in [0.25, 0.3) is 0 Å². The normalized spacial score (nSPS) is 21.4. The van der Waals surface area contributed by atoms with Crippen LogP contribution in [0.15, 0.2) is 0 Å². The predicted octanol–water partition coefficient (Wildman–Crippen LogP) is 1.76. The highest BCUT2D eigenvalue weighted by atomic mass is 19.1. The molecule has 2 nitrogen and oxygen atoms in total. The zero-order chi connectivity index (χ0) is 10.6. The average Bonchev–Trinajstić information content (AvgIpc) is 2.06. The molecule has 0 amide bonds. The molecule has 1 rings (SSSR count). The van der Waals surface area contributed by atoms with Gasteiger partial charge in [-0.15, -0.1) is 0 Å². The molecule has 0 unspecified atom stereocenters. The minimum atomic E-state index is -1.05. The van der Waals surface area contributed by atoms with Crippen molar-refractivity contribution in [1.29, 1.82) is 0 Å². The second-order valence-electron chi connectivity index (χ2n) is 4.84. The van der Waals surface area contributed by atoms with E-state index >= 15 is 0 Å². The Labute approximate surface area is 87.1 Å². The Morgan fingerprint density at radius 3 is 2.00 bits per heavy atom. The molecule has 1 saturated heterocycles. The van der Waals surface area contributed by atoms with E-state index in [4.69, 9.17) is 0 Å². The number of hydrogen-bond acceptors (Lipinski definition) is 2. The molecule has 0 radical (unpaired) electrons. The molecule has 14 heavy (non-hydrogen) atoms. The van der Waals surface area contributed by atoms with Crippen molar-refractivity contribution in [2.75, 3.05) is 39.3 Å². The Morgan fingerprint density at radius 1 is 1.07 bits per heavy atom. The predicted molar refractivity (Wildman–Crippen MR) is 58.4 cm³/mol. The maximum Gasteiger partial charge on any atom is 0.118 e. The molecule has 0 bridgehead atoms. The van der Waals surface area contributed by atoms with Gasteiger partial charge in [0, 0.05) is 32.7 Å². The van der Waals surface area contributed by atoms with Gasteiger partial charge in [0.1, 0.15) is 5.67 Å². The molecular formula is C11H23FN2. The van der Waals surface area contributed by atoms with Gasteiger partial charge < -0.3 is 4.90 Å². The molecule has 0 N–H and O–H groups in total. The van der Waals surface area contributed by atoms with Gasteiger partial charge in [-0.2, -0.15) is 0 Å². The van der Waals surface area contributed by atoms with Crippen LogP contribution in [0.2, 0.25) is 0 Å². The van der Waals surface area contributed by atoms with E-state index in [1.165, 1.54) is 13.0 Å². The van der Waals surface area contributed by atoms with E-state index < -0.39 is 5.67 Å². The van der Waals surface area contributed by atoms with E-state index in [1.54, 1.807) is 13.8 Å². The monoisotopic (exact) mass is 202 g/mol. The largest absolute Gasteiger partial charge is 0.301 e. The van der Waals surface area contributed by atoms with E-state index in [9.17, 15) is 4.39 Å². The lowest BCUT2D eigenvalue weighted by molar-refractivity contribution is 0.0761. The van der Waals surface area contributed by atoms with Gasteiger partial charge in [-0.1, -0.05) is 6.92 Å². The fourth-order valence-electron chi connectivity index (χ4n) is 2.02. The van der Waals surface area contributed by atoms with Crippen LogP contribution in [-0.4, -0.2) is 54.7 Å². The van der Waals surface area contributed by atoms with E-state index in [2.05, 4.69) is 16.7 Å². The van der Waals surface area contributed by atoms with Crippen LogP contribution < -0.4 is 0 Å². The maximum atomic E-state index is 13.4. The van der Waals surface area contributed by atoms with Gasteiger partial charge in [-0.3, -0.25) is 4.90 Å². The van der Waals surface area contributed by atoms with Gasteiger partial charge in [-0.25, -0.2) is 4.39 Å². The van der Waals surface area contributed by atoms with Crippen LogP contribution in [0.4, 0.5) is 4.39 Å². The summed E-state index contributed by atoms with van der Waals surface area (Å²) in [7, 11) is 0. The highest BCUT2D eigenvalue weighted by molar-refractivity contribution is 4.77. The third-order valence-corrected chi connectivity index (χ3v) is 2.60. The van der Waals surface area contributed by atoms with Crippen LogP contribution in [0.1, 0.15) is 27.2 Å². The molecule has 1 aliphatic heterocycles. The summed E-state index contributed by atoms with van der Waals surface area (Å²) in [5.41, 5.74) is -1.05. The number of piperazine rings is 1. The molecule has 3 heteroatoms. The topological polar surface area (TPSA) is 6.48 Å². The SMILES string of the molecule is CCCN1CCN(CC(C)(C)F)CC1. The summed E-state index contributed by atoms with van der Waals surface area (Å²) in [5, 5.41) is 0. The highest BCUT2D eigenvalue weighted by Crippen LogP contribution is 2.12. The number of alkyl halides is 1. The zero-order valence-corrected chi connectivity index (χ0v) is 9.72. The highest BCUT2D eigenvalue weighted by Gasteiger charge is 2.23. The molecule has 0 aliphatic carbocycles. The molecular weight excluding hydrogens is 179 g/mol. The fraction of sp³-hybridized carbons (Fsp3) is 1.00. The number of hydrogen-bond donors (Lipinski definition) is 0. The average molecular weight is 202 g/mol. The van der Waals surface area contributed by atoms with Crippen molar-refractivity contribution in [2.45, 2.75) is 32.9 Å². The summed E-state index contributed by atoms with van der Waals surface area (Å²) < 4.78 is 13.4. The fourth-order valence-corrected chi connectivity index (χ4v) is 2.02. The maximum absolute atomic E-state index is 13.4. The van der Waals surface area contributed by atoms with E-state index in [1.807, 2.05) is 0 Å². The molecule has 0 aromatic heterocycles. The molecule has 1 aliphatic rings. The second-order valence-corrected chi connectivity index (χ2v) is 4.84. The van der Waals surface area contributed by atoms with Crippen LogP contribution in [0, 0.1) is 0 Å². The van der Waals surface area contributed by atoms with Crippen molar-refractivity contribution < 1.29 is 4.39 Å². The minimum absolute atomic E-state index is 0.576. The smallest absolute Gasteiger partial charge is 0.118 e. The van der Waals surface area contributed by atoms with Gasteiger partial charge >= 0.3 is 0 Å². The van der Waals surface area contributed by atoms with Crippen molar-refractivity contribution >= 4 is 0 Å². The molecule has 0 saturated carbocycles. The Morgan fingerprint density at radius 2 is 1.57 bits per heavy atom. The number of nitrogens with zero attached hydrogens (tertiary/aromatic N) is 2. The van der Waals surface area contributed by atoms with Gasteiger partial charge in [0.05, 0.1) is 0 Å². The first kappa shape index (κ1) is 11.9. The lowest BCUT2D eigenvalue weighted by Crippen LogP contribution is -2.49. The van der Waals surface area contributed by atoms with Crippen LogP contribution in [-0.2, 0) is 0 Å². The van der Waals surface area contributed by atoms with Crippen LogP contribution >= 0.6 is 0 Å². The Hall–Kier alpha value is -0.150. The van der Waals surface area contributed by atoms with E-state index in [-0.39, 0.29) is 0 Å². The molecule has 0 spiro atoms. The summed E-state index contributed by atoms with van der Waals surface area (Å²) in [6.45, 7) is 11.5. The lowest BCUT2D eigenvalue weighted by atomic mass is 10.1. The van der Waals surface area contributed by atoms with E-state index in [0.717, 1.165) is 26.2 Å². The molecule has 0 aromatic rings. The molecule has 0 atom stereocenters. The van der Waals surface area contributed by atoms with Crippen LogP contribution in [0.25, 0.3) is 0 Å². The molecule has 1 heterocycles. The van der Waals surface area contributed by atoms with Crippen molar-refractivity contribution in [3.63, 3.8) is 0 Å². The first-order chi connectivity index (χ1) is 6.51. The number of rotatable bonds is 4. The standard InChI is InChI=1S/C11H23FN2/c1-4-5-13-6-8-14(9-7-13)10-11(2,3)12/h4-10H2,1-3H3.